The van der Waals surface area contributed by atoms with Crippen molar-refractivity contribution in [3.63, 3.8) is 0 Å². The van der Waals surface area contributed by atoms with Crippen LogP contribution in [0, 0.1) is 24.0 Å². The molecule has 0 aliphatic rings. The molecule has 158 valence electrons. The van der Waals surface area contributed by atoms with Crippen molar-refractivity contribution in [3.05, 3.63) is 87.7 Å². The summed E-state index contributed by atoms with van der Waals surface area (Å²) in [5.74, 6) is 0.0241. The van der Waals surface area contributed by atoms with Gasteiger partial charge in [-0.3, -0.25) is 15.1 Å². The molecule has 2 aromatic carbocycles. The zero-order chi connectivity index (χ0) is 22.4. The first-order chi connectivity index (χ1) is 14.7. The monoisotopic (exact) mass is 437 g/mol. The summed E-state index contributed by atoms with van der Waals surface area (Å²) in [5.41, 5.74) is 2.71. The Balaban J connectivity index is 1.65. The van der Waals surface area contributed by atoms with Gasteiger partial charge < -0.3 is 0 Å². The van der Waals surface area contributed by atoms with Crippen molar-refractivity contribution in [2.75, 3.05) is 4.72 Å². The highest BCUT2D eigenvalue weighted by Gasteiger charge is 2.16. The molecular weight excluding hydrogens is 418 g/mol. The van der Waals surface area contributed by atoms with Crippen molar-refractivity contribution >= 4 is 39.6 Å². The smallest absolute Gasteiger partial charge is 0.258 e. The Kier molecular flexibility index (Phi) is 6.51. The predicted molar refractivity (Wildman–Crippen MR) is 119 cm³/mol. The summed E-state index contributed by atoms with van der Waals surface area (Å²) in [6.45, 7) is 3.52. The van der Waals surface area contributed by atoms with Crippen LogP contribution < -0.4 is 4.72 Å². The summed E-state index contributed by atoms with van der Waals surface area (Å²) >= 11 is 0. The van der Waals surface area contributed by atoms with Crippen LogP contribution in [0.15, 0.2) is 70.6 Å². The molecule has 0 amide bonds. The highest BCUT2D eigenvalue weighted by Crippen LogP contribution is 2.19. The average Bonchev–Trinajstić information content (AvgIpc) is 2.71. The molecule has 1 heterocycles. The van der Waals surface area contributed by atoms with Crippen LogP contribution in [-0.2, 0) is 10.0 Å². The van der Waals surface area contributed by atoms with Gasteiger partial charge in [-0.15, -0.1) is 0 Å². The maximum Gasteiger partial charge on any atom is 0.269 e. The molecule has 31 heavy (non-hydrogen) atoms. The Labute approximate surface area is 179 Å². The Bertz CT molecular complexity index is 1230. The van der Waals surface area contributed by atoms with Crippen LogP contribution in [0.3, 0.4) is 0 Å². The van der Waals surface area contributed by atoms with Crippen molar-refractivity contribution in [2.24, 2.45) is 4.99 Å². The molecule has 0 aliphatic heterocycles. The number of aliphatic imine (C=N–C) groups is 1. The third kappa shape index (κ3) is 6.03. The second-order valence-electron chi connectivity index (χ2n) is 6.56. The summed E-state index contributed by atoms with van der Waals surface area (Å²) in [4.78, 5) is 22.7. The van der Waals surface area contributed by atoms with E-state index in [4.69, 9.17) is 0 Å². The van der Waals surface area contributed by atoms with E-state index >= 15 is 0 Å². The third-order valence-electron chi connectivity index (χ3n) is 4.06. The van der Waals surface area contributed by atoms with Crippen LogP contribution in [-0.4, -0.2) is 29.5 Å². The van der Waals surface area contributed by atoms with E-state index in [1.807, 2.05) is 0 Å². The Morgan fingerprint density at radius 3 is 2.19 bits per heavy atom. The van der Waals surface area contributed by atoms with Gasteiger partial charge in [0.1, 0.15) is 0 Å². The third-order valence-corrected chi connectivity index (χ3v) is 5.40. The topological polar surface area (TPSA) is 127 Å². The van der Waals surface area contributed by atoms with Gasteiger partial charge in [0.25, 0.3) is 15.7 Å². The minimum atomic E-state index is -3.82. The molecule has 0 radical (unpaired) electrons. The average molecular weight is 437 g/mol. The SMILES string of the molecule is Cc1cc(C)nc(NS(=O)(=O)c2ccc(N=C/C=C/c3ccc([N+](=O)[O-])cc3)cc2)n1. The van der Waals surface area contributed by atoms with Gasteiger partial charge in [0.2, 0.25) is 5.95 Å². The fourth-order valence-electron chi connectivity index (χ4n) is 2.65. The number of sulfonamides is 1. The van der Waals surface area contributed by atoms with Crippen LogP contribution in [0.25, 0.3) is 6.08 Å². The van der Waals surface area contributed by atoms with Crippen molar-refractivity contribution in [1.29, 1.82) is 0 Å². The number of aromatic nitrogens is 2. The summed E-state index contributed by atoms with van der Waals surface area (Å²) in [6, 6.07) is 13.9. The number of rotatable bonds is 7. The van der Waals surface area contributed by atoms with Crippen LogP contribution >= 0.6 is 0 Å². The first kappa shape index (κ1) is 21.8. The van der Waals surface area contributed by atoms with Gasteiger partial charge in [-0.25, -0.2) is 23.1 Å². The van der Waals surface area contributed by atoms with Crippen molar-refractivity contribution in [1.82, 2.24) is 9.97 Å². The van der Waals surface area contributed by atoms with Crippen LogP contribution in [0.2, 0.25) is 0 Å². The van der Waals surface area contributed by atoms with Gasteiger partial charge in [-0.05, 0) is 68.0 Å². The zero-order valence-electron chi connectivity index (χ0n) is 16.8. The number of non-ortho nitro benzene ring substituents is 1. The largest absolute Gasteiger partial charge is 0.269 e. The predicted octanol–water partition coefficient (Wildman–Crippen LogP) is 4.22. The second-order valence-corrected chi connectivity index (χ2v) is 8.24. The van der Waals surface area contributed by atoms with Gasteiger partial charge in [-0.2, -0.15) is 0 Å². The lowest BCUT2D eigenvalue weighted by molar-refractivity contribution is -0.384. The van der Waals surface area contributed by atoms with Gasteiger partial charge in [0, 0.05) is 29.7 Å². The van der Waals surface area contributed by atoms with E-state index in [1.54, 1.807) is 62.5 Å². The molecular formula is C21H19N5O4S. The normalized spacial score (nSPS) is 11.8. The molecule has 0 unspecified atom stereocenters. The van der Waals surface area contributed by atoms with E-state index in [2.05, 4.69) is 19.7 Å². The number of benzene rings is 2. The lowest BCUT2D eigenvalue weighted by Gasteiger charge is -2.08. The highest BCUT2D eigenvalue weighted by molar-refractivity contribution is 7.92. The zero-order valence-corrected chi connectivity index (χ0v) is 17.6. The number of hydrogen-bond donors (Lipinski definition) is 1. The first-order valence-corrected chi connectivity index (χ1v) is 10.6. The van der Waals surface area contributed by atoms with Gasteiger partial charge >= 0.3 is 0 Å². The highest BCUT2D eigenvalue weighted by atomic mass is 32.2. The molecule has 1 aromatic heterocycles. The van der Waals surface area contributed by atoms with E-state index in [1.165, 1.54) is 24.3 Å². The van der Waals surface area contributed by atoms with E-state index in [0.29, 0.717) is 17.1 Å². The Morgan fingerprint density at radius 1 is 1.00 bits per heavy atom. The lowest BCUT2D eigenvalue weighted by Crippen LogP contribution is -2.15. The molecule has 3 rings (SSSR count). The summed E-state index contributed by atoms with van der Waals surface area (Å²) in [7, 11) is -3.82. The van der Waals surface area contributed by atoms with E-state index < -0.39 is 14.9 Å². The Morgan fingerprint density at radius 2 is 1.61 bits per heavy atom. The van der Waals surface area contributed by atoms with Crippen LogP contribution in [0.5, 0.6) is 0 Å². The Hall–Kier alpha value is -3.92. The molecule has 0 bridgehead atoms. The number of nitro groups is 1. The summed E-state index contributed by atoms with van der Waals surface area (Å²) in [5, 5.41) is 10.7. The van der Waals surface area contributed by atoms with E-state index in [-0.39, 0.29) is 16.5 Å². The number of nitro benzene ring substituents is 1. The lowest BCUT2D eigenvalue weighted by atomic mass is 10.2. The molecule has 0 aliphatic carbocycles. The van der Waals surface area contributed by atoms with Crippen molar-refractivity contribution < 1.29 is 13.3 Å². The first-order valence-electron chi connectivity index (χ1n) is 9.13. The molecule has 10 heteroatoms. The standard InChI is InChI=1S/C21H19N5O4S/c1-15-14-16(2)24-21(23-15)25-31(29,30)20-11-7-18(8-12-20)22-13-3-4-17-5-9-19(10-6-17)26(27)28/h3-14H,1-2H3,(H,23,24,25)/b4-3+,22-13?. The van der Waals surface area contributed by atoms with Crippen LogP contribution in [0.4, 0.5) is 17.3 Å². The van der Waals surface area contributed by atoms with E-state index in [0.717, 1.165) is 5.56 Å². The van der Waals surface area contributed by atoms with Gasteiger partial charge in [0.15, 0.2) is 0 Å². The number of hydrogen-bond acceptors (Lipinski definition) is 7. The molecule has 0 fully saturated rings. The molecule has 9 nitrogen and oxygen atoms in total. The fraction of sp³-hybridized carbons (Fsp3) is 0.0952. The van der Waals surface area contributed by atoms with Crippen molar-refractivity contribution in [3.8, 4) is 0 Å². The fourth-order valence-corrected chi connectivity index (χ4v) is 3.60. The van der Waals surface area contributed by atoms with Gasteiger partial charge in [-0.1, -0.05) is 6.08 Å². The maximum atomic E-state index is 12.5. The second kappa shape index (κ2) is 9.26. The molecule has 0 saturated heterocycles. The summed E-state index contributed by atoms with van der Waals surface area (Å²) < 4.78 is 27.4. The minimum absolute atomic E-state index is 0.0241. The maximum absolute atomic E-state index is 12.5. The molecule has 3 aromatic rings. The molecule has 0 spiro atoms. The molecule has 0 atom stereocenters. The molecule has 0 saturated carbocycles. The quantitative estimate of drug-likeness (QED) is 0.335. The van der Waals surface area contributed by atoms with Gasteiger partial charge in [0.05, 0.1) is 15.5 Å². The van der Waals surface area contributed by atoms with Crippen molar-refractivity contribution in [2.45, 2.75) is 18.7 Å². The van der Waals surface area contributed by atoms with Crippen LogP contribution in [0.1, 0.15) is 17.0 Å². The number of aryl methyl sites for hydroxylation is 2. The van der Waals surface area contributed by atoms with E-state index in [9.17, 15) is 18.5 Å². The number of allylic oxidation sites excluding steroid dienone is 1. The minimum Gasteiger partial charge on any atom is -0.258 e. The number of nitrogens with one attached hydrogen (secondary N) is 1. The molecule has 1 N–H and O–H groups in total. The number of anilines is 1. The summed E-state index contributed by atoms with van der Waals surface area (Å²) in [6.07, 6.45) is 4.98. The number of nitrogens with zero attached hydrogens (tertiary/aromatic N) is 4.